The van der Waals surface area contributed by atoms with Gasteiger partial charge in [0.15, 0.2) is 0 Å². The number of aryl methyl sites for hydroxylation is 1. The summed E-state index contributed by atoms with van der Waals surface area (Å²) >= 11 is 5.93. The number of phenolic OH excluding ortho intramolecular Hbond substituents is 1. The van der Waals surface area contributed by atoms with Gasteiger partial charge < -0.3 is 14.8 Å². The summed E-state index contributed by atoms with van der Waals surface area (Å²) in [6, 6.07) is 10.6. The third-order valence-electron chi connectivity index (χ3n) is 3.54. The zero-order chi connectivity index (χ0) is 16.2. The van der Waals surface area contributed by atoms with Gasteiger partial charge in [0.25, 0.3) is 0 Å². The number of aromatic nitrogens is 2. The summed E-state index contributed by atoms with van der Waals surface area (Å²) in [5, 5.41) is 13.1. The smallest absolute Gasteiger partial charge is 0.220 e. The van der Waals surface area contributed by atoms with Gasteiger partial charge in [0.05, 0.1) is 17.3 Å². The summed E-state index contributed by atoms with van der Waals surface area (Å²) in [5.74, 6) is 0.140. The first kappa shape index (κ1) is 15.4. The third kappa shape index (κ3) is 3.81. The van der Waals surface area contributed by atoms with Crippen LogP contribution in [0.3, 0.4) is 0 Å². The normalized spacial score (nSPS) is 10.8. The van der Waals surface area contributed by atoms with Gasteiger partial charge >= 0.3 is 0 Å². The van der Waals surface area contributed by atoms with E-state index in [0.29, 0.717) is 24.4 Å². The summed E-state index contributed by atoms with van der Waals surface area (Å²) in [6.45, 7) is 0.360. The molecule has 2 N–H and O–H groups in total. The number of carbonyl (C=O) groups excluding carboxylic acids is 1. The van der Waals surface area contributed by atoms with Gasteiger partial charge in [0.1, 0.15) is 11.4 Å². The van der Waals surface area contributed by atoms with E-state index in [2.05, 4.69) is 10.3 Å². The van der Waals surface area contributed by atoms with Crippen molar-refractivity contribution in [2.24, 2.45) is 0 Å². The number of amides is 1. The predicted molar refractivity (Wildman–Crippen MR) is 88.5 cm³/mol. The van der Waals surface area contributed by atoms with Gasteiger partial charge in [-0.1, -0.05) is 29.8 Å². The van der Waals surface area contributed by atoms with Crippen molar-refractivity contribution in [1.82, 2.24) is 14.7 Å². The van der Waals surface area contributed by atoms with E-state index in [1.54, 1.807) is 24.4 Å². The molecule has 3 rings (SSSR count). The number of aromatic hydroxyl groups is 1. The number of benzene rings is 1. The van der Waals surface area contributed by atoms with Crippen LogP contribution in [-0.2, 0) is 17.8 Å². The quantitative estimate of drug-likeness (QED) is 0.756. The minimum atomic E-state index is -0.0802. The largest absolute Gasteiger partial charge is 0.508 e. The fourth-order valence-corrected chi connectivity index (χ4v) is 2.52. The summed E-state index contributed by atoms with van der Waals surface area (Å²) in [5.41, 5.74) is 2.32. The van der Waals surface area contributed by atoms with Crippen molar-refractivity contribution < 1.29 is 9.90 Å². The number of fused-ring (bicyclic) bond motifs is 1. The number of para-hydroxylation sites is 1. The molecule has 0 radical (unpaired) electrons. The molecule has 2 aromatic heterocycles. The third-order valence-corrected chi connectivity index (χ3v) is 3.77. The van der Waals surface area contributed by atoms with E-state index in [9.17, 15) is 9.90 Å². The van der Waals surface area contributed by atoms with E-state index in [4.69, 9.17) is 11.6 Å². The van der Waals surface area contributed by atoms with E-state index in [1.165, 1.54) is 0 Å². The van der Waals surface area contributed by atoms with Crippen molar-refractivity contribution >= 4 is 23.2 Å². The van der Waals surface area contributed by atoms with E-state index in [1.807, 2.05) is 28.8 Å². The van der Waals surface area contributed by atoms with Gasteiger partial charge in [0, 0.05) is 18.8 Å². The molecule has 2 heterocycles. The maximum absolute atomic E-state index is 11.9. The zero-order valence-corrected chi connectivity index (χ0v) is 13.1. The molecule has 0 spiro atoms. The van der Waals surface area contributed by atoms with Gasteiger partial charge in [-0.3, -0.25) is 4.79 Å². The molecule has 0 saturated carbocycles. The Balaban J connectivity index is 1.54. The highest BCUT2D eigenvalue weighted by Gasteiger charge is 2.07. The van der Waals surface area contributed by atoms with Crippen LogP contribution in [0.5, 0.6) is 5.75 Å². The van der Waals surface area contributed by atoms with Crippen molar-refractivity contribution in [2.45, 2.75) is 19.4 Å². The highest BCUT2D eigenvalue weighted by atomic mass is 35.5. The lowest BCUT2D eigenvalue weighted by molar-refractivity contribution is -0.121. The van der Waals surface area contributed by atoms with Gasteiger partial charge in [0.2, 0.25) is 5.91 Å². The van der Waals surface area contributed by atoms with Gasteiger partial charge in [-0.15, -0.1) is 0 Å². The average molecular weight is 330 g/mol. The van der Waals surface area contributed by atoms with Crippen LogP contribution in [-0.4, -0.2) is 20.4 Å². The molecular weight excluding hydrogens is 314 g/mol. The molecule has 0 fully saturated rings. The fourth-order valence-electron chi connectivity index (χ4n) is 2.35. The van der Waals surface area contributed by atoms with Crippen LogP contribution in [0.25, 0.3) is 5.65 Å². The molecule has 23 heavy (non-hydrogen) atoms. The zero-order valence-electron chi connectivity index (χ0n) is 12.4. The van der Waals surface area contributed by atoms with Crippen LogP contribution in [0.1, 0.15) is 17.7 Å². The Kier molecular flexibility index (Phi) is 4.48. The highest BCUT2D eigenvalue weighted by Crippen LogP contribution is 2.17. The molecule has 3 aromatic rings. The number of phenols is 1. The average Bonchev–Trinajstić information content (AvgIpc) is 2.94. The molecule has 6 heteroatoms. The van der Waals surface area contributed by atoms with Crippen LogP contribution < -0.4 is 5.32 Å². The van der Waals surface area contributed by atoms with Crippen molar-refractivity contribution in [3.05, 3.63) is 65.1 Å². The highest BCUT2D eigenvalue weighted by molar-refractivity contribution is 6.30. The van der Waals surface area contributed by atoms with Crippen LogP contribution in [0.4, 0.5) is 0 Å². The Morgan fingerprint density at radius 2 is 2.04 bits per heavy atom. The molecule has 0 atom stereocenters. The molecule has 0 aliphatic rings. The molecule has 0 unspecified atom stereocenters. The molecule has 1 aromatic carbocycles. The number of nitrogens with one attached hydrogen (secondary N) is 1. The molecule has 0 aliphatic carbocycles. The Hall–Kier alpha value is -2.53. The summed E-state index contributed by atoms with van der Waals surface area (Å²) in [6.07, 6.45) is 4.42. The summed E-state index contributed by atoms with van der Waals surface area (Å²) in [7, 11) is 0. The van der Waals surface area contributed by atoms with Crippen LogP contribution in [0.15, 0.2) is 48.8 Å². The summed E-state index contributed by atoms with van der Waals surface area (Å²) in [4.78, 5) is 16.3. The van der Waals surface area contributed by atoms with Crippen molar-refractivity contribution in [2.75, 3.05) is 0 Å². The Bertz CT molecular complexity index is 845. The van der Waals surface area contributed by atoms with E-state index in [0.717, 1.165) is 16.9 Å². The second-order valence-electron chi connectivity index (χ2n) is 5.25. The number of pyridine rings is 1. The number of carbonyl (C=O) groups is 1. The van der Waals surface area contributed by atoms with E-state index in [-0.39, 0.29) is 11.7 Å². The first-order valence-corrected chi connectivity index (χ1v) is 7.66. The lowest BCUT2D eigenvalue weighted by atomic mass is 10.1. The number of rotatable bonds is 5. The monoisotopic (exact) mass is 329 g/mol. The van der Waals surface area contributed by atoms with Crippen LogP contribution >= 0.6 is 11.6 Å². The number of hydrogen-bond acceptors (Lipinski definition) is 3. The number of halogens is 1. The maximum Gasteiger partial charge on any atom is 0.220 e. The van der Waals surface area contributed by atoms with Crippen LogP contribution in [0, 0.1) is 0 Å². The molecule has 0 saturated heterocycles. The van der Waals surface area contributed by atoms with Crippen molar-refractivity contribution in [3.63, 3.8) is 0 Å². The predicted octanol–water partition coefficient (Wildman–Crippen LogP) is 2.94. The first-order chi connectivity index (χ1) is 11.1. The first-order valence-electron chi connectivity index (χ1n) is 7.28. The molecule has 5 nitrogen and oxygen atoms in total. The Labute approximate surface area is 138 Å². The molecule has 0 aliphatic heterocycles. The topological polar surface area (TPSA) is 66.6 Å². The van der Waals surface area contributed by atoms with Gasteiger partial charge in [-0.05, 0) is 30.2 Å². The van der Waals surface area contributed by atoms with E-state index >= 15 is 0 Å². The number of nitrogens with zero attached hydrogens (tertiary/aromatic N) is 2. The molecule has 1 amide bonds. The number of imidazole rings is 1. The molecule has 118 valence electrons. The second kappa shape index (κ2) is 6.71. The standard InChI is InChI=1S/C17H16ClN3O2/c18-13-6-7-16-20-14(11-21(16)10-13)9-19-17(23)8-5-12-3-1-2-4-15(12)22/h1-4,6-7,10-11,22H,5,8-9H2,(H,19,23). The van der Waals surface area contributed by atoms with Gasteiger partial charge in [-0.25, -0.2) is 4.98 Å². The van der Waals surface area contributed by atoms with Gasteiger partial charge in [-0.2, -0.15) is 0 Å². The van der Waals surface area contributed by atoms with E-state index < -0.39 is 0 Å². The minimum absolute atomic E-state index is 0.0802. The maximum atomic E-state index is 11.9. The minimum Gasteiger partial charge on any atom is -0.508 e. The lowest BCUT2D eigenvalue weighted by Crippen LogP contribution is -2.23. The van der Waals surface area contributed by atoms with Crippen molar-refractivity contribution in [1.29, 1.82) is 0 Å². The second-order valence-corrected chi connectivity index (χ2v) is 5.69. The van der Waals surface area contributed by atoms with Crippen molar-refractivity contribution in [3.8, 4) is 5.75 Å². The summed E-state index contributed by atoms with van der Waals surface area (Å²) < 4.78 is 1.83. The molecule has 0 bridgehead atoms. The Morgan fingerprint density at radius 3 is 2.87 bits per heavy atom. The number of hydrogen-bond donors (Lipinski definition) is 2. The Morgan fingerprint density at radius 1 is 1.22 bits per heavy atom. The fraction of sp³-hybridized carbons (Fsp3) is 0.176. The lowest BCUT2D eigenvalue weighted by Gasteiger charge is -2.05. The SMILES string of the molecule is O=C(CCc1ccccc1O)NCc1cn2cc(Cl)ccc2n1. The molecular formula is C17H16ClN3O2. The van der Waals surface area contributed by atoms with Crippen LogP contribution in [0.2, 0.25) is 5.02 Å².